The summed E-state index contributed by atoms with van der Waals surface area (Å²) in [4.78, 5) is 26.2. The number of hydrogen-bond donors (Lipinski definition) is 1. The molecule has 9 heteroatoms. The summed E-state index contributed by atoms with van der Waals surface area (Å²) in [6.07, 6.45) is 0. The van der Waals surface area contributed by atoms with Crippen LogP contribution in [0.15, 0.2) is 59.5 Å². The number of sulfonamides is 1. The van der Waals surface area contributed by atoms with Crippen molar-refractivity contribution in [1.29, 1.82) is 0 Å². The molecule has 1 heterocycles. The molecule has 2 amide bonds. The van der Waals surface area contributed by atoms with Gasteiger partial charge in [0, 0.05) is 36.8 Å². The number of halogens is 1. The minimum atomic E-state index is -3.56. The van der Waals surface area contributed by atoms with E-state index in [4.69, 9.17) is 11.6 Å². The molecule has 0 radical (unpaired) electrons. The fourth-order valence-corrected chi connectivity index (χ4v) is 4.46. The molecule has 1 aliphatic heterocycles. The van der Waals surface area contributed by atoms with Gasteiger partial charge in [-0.05, 0) is 36.4 Å². The van der Waals surface area contributed by atoms with E-state index in [0.717, 1.165) is 0 Å². The molecule has 1 N–H and O–H groups in total. The van der Waals surface area contributed by atoms with Crippen molar-refractivity contribution >= 4 is 33.4 Å². The smallest absolute Gasteiger partial charge is 0.251 e. The predicted molar refractivity (Wildman–Crippen MR) is 106 cm³/mol. The molecule has 2 aromatic rings. The third kappa shape index (κ3) is 4.70. The summed E-state index contributed by atoms with van der Waals surface area (Å²) in [5, 5.41) is 3.10. The Kier molecular flexibility index (Phi) is 6.33. The lowest BCUT2D eigenvalue weighted by Gasteiger charge is -2.34. The lowest BCUT2D eigenvalue weighted by atomic mass is 10.2. The van der Waals surface area contributed by atoms with Crippen molar-refractivity contribution in [3.05, 3.63) is 65.2 Å². The Hall–Kier alpha value is -2.42. The van der Waals surface area contributed by atoms with Gasteiger partial charge in [-0.2, -0.15) is 4.31 Å². The Morgan fingerprint density at radius 3 is 2.14 bits per heavy atom. The van der Waals surface area contributed by atoms with Crippen molar-refractivity contribution in [1.82, 2.24) is 14.5 Å². The second-order valence-electron chi connectivity index (χ2n) is 6.29. The highest BCUT2D eigenvalue weighted by atomic mass is 35.5. The quantitative estimate of drug-likeness (QED) is 0.794. The number of nitrogens with one attached hydrogen (secondary N) is 1. The molecule has 0 aromatic heterocycles. The first-order valence-electron chi connectivity index (χ1n) is 8.74. The molecule has 0 atom stereocenters. The van der Waals surface area contributed by atoms with Crippen molar-refractivity contribution < 1.29 is 18.0 Å². The zero-order chi connectivity index (χ0) is 20.1. The normalized spacial score (nSPS) is 15.2. The van der Waals surface area contributed by atoms with Crippen LogP contribution in [0.4, 0.5) is 0 Å². The predicted octanol–water partition coefficient (Wildman–Crippen LogP) is 1.60. The maximum atomic E-state index is 12.6. The van der Waals surface area contributed by atoms with E-state index in [2.05, 4.69) is 5.32 Å². The zero-order valence-corrected chi connectivity index (χ0v) is 16.6. The Morgan fingerprint density at radius 2 is 1.54 bits per heavy atom. The maximum Gasteiger partial charge on any atom is 0.251 e. The second-order valence-corrected chi connectivity index (χ2v) is 8.66. The highest BCUT2D eigenvalue weighted by molar-refractivity contribution is 7.89. The van der Waals surface area contributed by atoms with E-state index in [1.807, 2.05) is 0 Å². The van der Waals surface area contributed by atoms with Crippen molar-refractivity contribution in [3.63, 3.8) is 0 Å². The second kappa shape index (κ2) is 8.72. The van der Waals surface area contributed by atoms with Crippen LogP contribution in [-0.4, -0.2) is 62.2 Å². The summed E-state index contributed by atoms with van der Waals surface area (Å²) in [7, 11) is -3.56. The first-order valence-corrected chi connectivity index (χ1v) is 10.6. The fourth-order valence-electron chi connectivity index (χ4n) is 2.89. The van der Waals surface area contributed by atoms with Crippen molar-refractivity contribution in [2.45, 2.75) is 4.90 Å². The van der Waals surface area contributed by atoms with Gasteiger partial charge in [-0.3, -0.25) is 9.59 Å². The average molecular weight is 422 g/mol. The van der Waals surface area contributed by atoms with Crippen LogP contribution in [0.5, 0.6) is 0 Å². The SMILES string of the molecule is O=C(NCC(=O)N1CCN(S(=O)(=O)c2ccccc2)CC1)c1ccc(Cl)cc1. The Morgan fingerprint density at radius 1 is 0.929 bits per heavy atom. The van der Waals surface area contributed by atoms with Crippen LogP contribution in [0.3, 0.4) is 0 Å². The van der Waals surface area contributed by atoms with E-state index >= 15 is 0 Å². The maximum absolute atomic E-state index is 12.6. The number of benzene rings is 2. The molecule has 0 saturated carbocycles. The van der Waals surface area contributed by atoms with Crippen molar-refractivity contribution in [2.75, 3.05) is 32.7 Å². The van der Waals surface area contributed by atoms with Gasteiger partial charge in [0.05, 0.1) is 11.4 Å². The first kappa shape index (κ1) is 20.3. The molecule has 0 aliphatic carbocycles. The van der Waals surface area contributed by atoms with Gasteiger partial charge in [0.2, 0.25) is 15.9 Å². The highest BCUT2D eigenvalue weighted by Crippen LogP contribution is 2.17. The Bertz CT molecular complexity index is 941. The first-order chi connectivity index (χ1) is 13.4. The third-order valence-corrected chi connectivity index (χ3v) is 6.64. The minimum Gasteiger partial charge on any atom is -0.343 e. The van der Waals surface area contributed by atoms with E-state index < -0.39 is 10.0 Å². The number of piperazine rings is 1. The largest absolute Gasteiger partial charge is 0.343 e. The lowest BCUT2D eigenvalue weighted by molar-refractivity contribution is -0.131. The fraction of sp³-hybridized carbons (Fsp3) is 0.263. The van der Waals surface area contributed by atoms with E-state index in [1.165, 1.54) is 4.31 Å². The summed E-state index contributed by atoms with van der Waals surface area (Å²) in [6.45, 7) is 0.846. The summed E-state index contributed by atoms with van der Waals surface area (Å²) in [5.74, 6) is -0.616. The molecule has 1 fully saturated rings. The summed E-state index contributed by atoms with van der Waals surface area (Å²) < 4.78 is 26.6. The molecule has 28 heavy (non-hydrogen) atoms. The van der Waals surface area contributed by atoms with Crippen molar-refractivity contribution in [2.24, 2.45) is 0 Å². The standard InChI is InChI=1S/C19H20ClN3O4S/c20-16-8-6-15(7-9-16)19(25)21-14-18(24)22-10-12-23(13-11-22)28(26,27)17-4-2-1-3-5-17/h1-9H,10-14H2,(H,21,25). The highest BCUT2D eigenvalue weighted by Gasteiger charge is 2.29. The van der Waals surface area contributed by atoms with E-state index in [9.17, 15) is 18.0 Å². The lowest BCUT2D eigenvalue weighted by Crippen LogP contribution is -2.52. The van der Waals surface area contributed by atoms with Crippen LogP contribution in [0.2, 0.25) is 5.02 Å². The van der Waals surface area contributed by atoms with Crippen molar-refractivity contribution in [3.8, 4) is 0 Å². The molecule has 2 aromatic carbocycles. The molecule has 1 saturated heterocycles. The van der Waals surface area contributed by atoms with E-state index in [0.29, 0.717) is 10.6 Å². The van der Waals surface area contributed by atoms with Crippen LogP contribution in [0.25, 0.3) is 0 Å². The molecular weight excluding hydrogens is 402 g/mol. The van der Waals surface area contributed by atoms with Gasteiger partial charge in [0.1, 0.15) is 0 Å². The van der Waals surface area contributed by atoms with Crippen LogP contribution in [-0.2, 0) is 14.8 Å². The number of amides is 2. The zero-order valence-electron chi connectivity index (χ0n) is 15.0. The molecule has 0 spiro atoms. The van der Waals surface area contributed by atoms with Gasteiger partial charge < -0.3 is 10.2 Å². The number of rotatable bonds is 5. The molecule has 3 rings (SSSR count). The Balaban J connectivity index is 1.51. The molecular formula is C19H20ClN3O4S. The van der Waals surface area contributed by atoms with Crippen LogP contribution >= 0.6 is 11.6 Å². The summed E-state index contributed by atoms with van der Waals surface area (Å²) in [5.41, 5.74) is 0.413. The summed E-state index contributed by atoms with van der Waals surface area (Å²) >= 11 is 5.79. The molecule has 1 aliphatic rings. The molecule has 0 unspecified atom stereocenters. The number of carbonyl (C=O) groups excluding carboxylic acids is 2. The number of hydrogen-bond acceptors (Lipinski definition) is 4. The summed E-state index contributed by atoms with van der Waals surface area (Å²) in [6, 6.07) is 14.6. The molecule has 148 valence electrons. The third-order valence-electron chi connectivity index (χ3n) is 4.48. The van der Waals surface area contributed by atoms with Gasteiger partial charge >= 0.3 is 0 Å². The average Bonchev–Trinajstić information content (AvgIpc) is 2.73. The number of nitrogens with zero attached hydrogens (tertiary/aromatic N) is 2. The number of carbonyl (C=O) groups is 2. The monoisotopic (exact) mass is 421 g/mol. The van der Waals surface area contributed by atoms with Gasteiger partial charge in [0.25, 0.3) is 5.91 Å². The van der Waals surface area contributed by atoms with E-state index in [-0.39, 0.29) is 49.4 Å². The van der Waals surface area contributed by atoms with Crippen LogP contribution < -0.4 is 5.32 Å². The Labute approximate surface area is 168 Å². The topological polar surface area (TPSA) is 86.8 Å². The van der Waals surface area contributed by atoms with E-state index in [1.54, 1.807) is 59.5 Å². The van der Waals surface area contributed by atoms with Gasteiger partial charge in [0.15, 0.2) is 0 Å². The van der Waals surface area contributed by atoms with Gasteiger partial charge in [-0.1, -0.05) is 29.8 Å². The molecule has 0 bridgehead atoms. The van der Waals surface area contributed by atoms with Crippen LogP contribution in [0.1, 0.15) is 10.4 Å². The molecule has 7 nitrogen and oxygen atoms in total. The van der Waals surface area contributed by atoms with Gasteiger partial charge in [-0.15, -0.1) is 0 Å². The van der Waals surface area contributed by atoms with Gasteiger partial charge in [-0.25, -0.2) is 8.42 Å². The minimum absolute atomic E-state index is 0.146. The van der Waals surface area contributed by atoms with Crippen LogP contribution in [0, 0.1) is 0 Å².